The van der Waals surface area contributed by atoms with Gasteiger partial charge in [0, 0.05) is 5.56 Å². The summed E-state index contributed by atoms with van der Waals surface area (Å²) in [5.74, 6) is -0.103. The maximum atomic E-state index is 11.1. The van der Waals surface area contributed by atoms with Crippen LogP contribution in [0.15, 0.2) is 29.3 Å². The van der Waals surface area contributed by atoms with E-state index in [1.54, 1.807) is 13.8 Å². The van der Waals surface area contributed by atoms with Crippen LogP contribution in [0.2, 0.25) is 0 Å². The Labute approximate surface area is 106 Å². The molecular formula is C14H17NO3. The SMILES string of the molecule is CC(C)(Cc1ccc(C2=NCCO2)cc1)C(=O)O. The van der Waals surface area contributed by atoms with Crippen LogP contribution in [-0.4, -0.2) is 30.1 Å². The fraction of sp³-hybridized carbons (Fsp3) is 0.429. The van der Waals surface area contributed by atoms with Gasteiger partial charge in [-0.3, -0.25) is 4.79 Å². The van der Waals surface area contributed by atoms with Crippen molar-refractivity contribution in [3.8, 4) is 0 Å². The van der Waals surface area contributed by atoms with E-state index < -0.39 is 11.4 Å². The lowest BCUT2D eigenvalue weighted by atomic mass is 9.86. The predicted octanol–water partition coefficient (Wildman–Crippen LogP) is 2.12. The monoisotopic (exact) mass is 247 g/mol. The molecule has 0 saturated heterocycles. The maximum absolute atomic E-state index is 11.1. The predicted molar refractivity (Wildman–Crippen MR) is 68.9 cm³/mol. The van der Waals surface area contributed by atoms with Crippen LogP contribution >= 0.6 is 0 Å². The van der Waals surface area contributed by atoms with Crippen LogP contribution < -0.4 is 0 Å². The van der Waals surface area contributed by atoms with E-state index in [1.807, 2.05) is 24.3 Å². The van der Waals surface area contributed by atoms with Gasteiger partial charge in [0.05, 0.1) is 12.0 Å². The van der Waals surface area contributed by atoms with Gasteiger partial charge in [-0.1, -0.05) is 12.1 Å². The molecule has 0 aromatic heterocycles. The second kappa shape index (κ2) is 4.80. The van der Waals surface area contributed by atoms with E-state index in [2.05, 4.69) is 4.99 Å². The van der Waals surface area contributed by atoms with Gasteiger partial charge in [-0.25, -0.2) is 4.99 Å². The van der Waals surface area contributed by atoms with Crippen LogP contribution in [0.4, 0.5) is 0 Å². The lowest BCUT2D eigenvalue weighted by Gasteiger charge is -2.19. The summed E-state index contributed by atoms with van der Waals surface area (Å²) in [4.78, 5) is 15.3. The molecule has 0 saturated carbocycles. The molecule has 1 aromatic carbocycles. The smallest absolute Gasteiger partial charge is 0.309 e. The third kappa shape index (κ3) is 2.70. The topological polar surface area (TPSA) is 58.9 Å². The quantitative estimate of drug-likeness (QED) is 0.886. The van der Waals surface area contributed by atoms with E-state index in [0.29, 0.717) is 25.5 Å². The van der Waals surface area contributed by atoms with Gasteiger partial charge in [0.2, 0.25) is 5.90 Å². The average molecular weight is 247 g/mol. The molecule has 4 nitrogen and oxygen atoms in total. The molecule has 0 atom stereocenters. The summed E-state index contributed by atoms with van der Waals surface area (Å²) in [5.41, 5.74) is 1.21. The Morgan fingerprint density at radius 3 is 2.56 bits per heavy atom. The number of hydrogen-bond acceptors (Lipinski definition) is 3. The number of hydrogen-bond donors (Lipinski definition) is 1. The van der Waals surface area contributed by atoms with Gasteiger partial charge in [0.25, 0.3) is 0 Å². The summed E-state index contributed by atoms with van der Waals surface area (Å²) >= 11 is 0. The Hall–Kier alpha value is -1.84. The van der Waals surface area contributed by atoms with E-state index >= 15 is 0 Å². The largest absolute Gasteiger partial charge is 0.481 e. The van der Waals surface area contributed by atoms with Crippen LogP contribution in [0.3, 0.4) is 0 Å². The van der Waals surface area contributed by atoms with Gasteiger partial charge in [0.1, 0.15) is 6.61 Å². The van der Waals surface area contributed by atoms with Gasteiger partial charge in [-0.05, 0) is 38.0 Å². The molecule has 0 radical (unpaired) electrons. The Kier molecular flexibility index (Phi) is 3.36. The third-order valence-electron chi connectivity index (χ3n) is 3.01. The standard InChI is InChI=1S/C14H17NO3/c1-14(2,13(16)17)9-10-3-5-11(6-4-10)12-15-7-8-18-12/h3-6H,7-9H2,1-2H3,(H,16,17). The first-order chi connectivity index (χ1) is 8.49. The first-order valence-corrected chi connectivity index (χ1v) is 5.99. The molecule has 18 heavy (non-hydrogen) atoms. The average Bonchev–Trinajstić information content (AvgIpc) is 2.83. The van der Waals surface area contributed by atoms with E-state index in [0.717, 1.165) is 11.1 Å². The summed E-state index contributed by atoms with van der Waals surface area (Å²) < 4.78 is 5.37. The van der Waals surface area contributed by atoms with E-state index in [-0.39, 0.29) is 0 Å². The minimum atomic E-state index is -0.782. The summed E-state index contributed by atoms with van der Waals surface area (Å²) in [7, 11) is 0. The van der Waals surface area contributed by atoms with Crippen LogP contribution in [0, 0.1) is 5.41 Å². The number of aliphatic imine (C=N–C) groups is 1. The number of aliphatic carboxylic acids is 1. The number of ether oxygens (including phenoxy) is 1. The van der Waals surface area contributed by atoms with E-state index in [1.165, 1.54) is 0 Å². The number of carbonyl (C=O) groups is 1. The fourth-order valence-electron chi connectivity index (χ4n) is 1.86. The molecule has 1 aliphatic rings. The third-order valence-corrected chi connectivity index (χ3v) is 3.01. The van der Waals surface area contributed by atoms with E-state index in [4.69, 9.17) is 9.84 Å². The van der Waals surface area contributed by atoms with Crippen LogP contribution in [0.25, 0.3) is 0 Å². The van der Waals surface area contributed by atoms with E-state index in [9.17, 15) is 4.79 Å². The highest BCUT2D eigenvalue weighted by Gasteiger charge is 2.27. The van der Waals surface area contributed by atoms with Gasteiger partial charge < -0.3 is 9.84 Å². The zero-order valence-electron chi connectivity index (χ0n) is 10.6. The number of benzene rings is 1. The first kappa shape index (κ1) is 12.6. The highest BCUT2D eigenvalue weighted by molar-refractivity contribution is 5.94. The molecule has 0 bridgehead atoms. The van der Waals surface area contributed by atoms with Crippen LogP contribution in [0.1, 0.15) is 25.0 Å². The molecule has 1 aliphatic heterocycles. The van der Waals surface area contributed by atoms with Crippen LogP contribution in [-0.2, 0) is 16.0 Å². The van der Waals surface area contributed by atoms with Crippen molar-refractivity contribution in [2.45, 2.75) is 20.3 Å². The second-order valence-corrected chi connectivity index (χ2v) is 5.10. The van der Waals surface area contributed by atoms with Crippen molar-refractivity contribution in [1.29, 1.82) is 0 Å². The molecule has 0 unspecified atom stereocenters. The molecule has 0 aliphatic carbocycles. The molecule has 96 valence electrons. The molecular weight excluding hydrogens is 230 g/mol. The highest BCUT2D eigenvalue weighted by Crippen LogP contribution is 2.22. The highest BCUT2D eigenvalue weighted by atomic mass is 16.5. The summed E-state index contributed by atoms with van der Waals surface area (Å²) in [6.45, 7) is 4.81. The Morgan fingerprint density at radius 2 is 2.06 bits per heavy atom. The number of rotatable bonds is 4. The normalized spacial score (nSPS) is 15.1. The lowest BCUT2D eigenvalue weighted by Crippen LogP contribution is -2.26. The molecule has 1 aromatic rings. The van der Waals surface area contributed by atoms with Crippen molar-refractivity contribution in [2.24, 2.45) is 10.4 Å². The Morgan fingerprint density at radius 1 is 1.39 bits per heavy atom. The molecule has 1 N–H and O–H groups in total. The van der Waals surface area contributed by atoms with Crippen molar-refractivity contribution in [2.75, 3.05) is 13.2 Å². The minimum absolute atomic E-state index is 0.510. The van der Waals surface area contributed by atoms with Crippen molar-refractivity contribution in [3.63, 3.8) is 0 Å². The molecule has 0 fully saturated rings. The summed E-state index contributed by atoms with van der Waals surface area (Å²) in [6, 6.07) is 7.73. The maximum Gasteiger partial charge on any atom is 0.309 e. The minimum Gasteiger partial charge on any atom is -0.481 e. The zero-order valence-corrected chi connectivity index (χ0v) is 10.6. The van der Waals surface area contributed by atoms with Crippen molar-refractivity contribution < 1.29 is 14.6 Å². The zero-order chi connectivity index (χ0) is 13.2. The molecule has 1 heterocycles. The van der Waals surface area contributed by atoms with Gasteiger partial charge in [0.15, 0.2) is 0 Å². The molecule has 2 rings (SSSR count). The van der Waals surface area contributed by atoms with Gasteiger partial charge in [-0.2, -0.15) is 0 Å². The van der Waals surface area contributed by atoms with Crippen molar-refractivity contribution in [3.05, 3.63) is 35.4 Å². The molecule has 0 amide bonds. The Balaban J connectivity index is 2.10. The first-order valence-electron chi connectivity index (χ1n) is 5.99. The number of nitrogens with zero attached hydrogens (tertiary/aromatic N) is 1. The molecule has 0 spiro atoms. The fourth-order valence-corrected chi connectivity index (χ4v) is 1.86. The van der Waals surface area contributed by atoms with Gasteiger partial charge >= 0.3 is 5.97 Å². The molecule has 4 heteroatoms. The summed E-state index contributed by atoms with van der Waals surface area (Å²) in [6.07, 6.45) is 0.510. The lowest BCUT2D eigenvalue weighted by molar-refractivity contribution is -0.146. The van der Waals surface area contributed by atoms with Crippen LogP contribution in [0.5, 0.6) is 0 Å². The number of carboxylic acids is 1. The second-order valence-electron chi connectivity index (χ2n) is 5.10. The summed E-state index contributed by atoms with van der Waals surface area (Å²) in [5, 5.41) is 9.09. The van der Waals surface area contributed by atoms with Gasteiger partial charge in [-0.15, -0.1) is 0 Å². The van der Waals surface area contributed by atoms with Crippen molar-refractivity contribution in [1.82, 2.24) is 0 Å². The Bertz CT molecular complexity index is 474. The number of carboxylic acid groups (broad SMARTS) is 1. The van der Waals surface area contributed by atoms with Crippen molar-refractivity contribution >= 4 is 11.9 Å².